The topological polar surface area (TPSA) is 74.9 Å². The Balaban J connectivity index is 0.00000385. The Morgan fingerprint density at radius 1 is 1.09 bits per heavy atom. The molecular formula is C25H34IN5O2. The van der Waals surface area contributed by atoms with E-state index in [1.165, 1.54) is 11.1 Å². The third-order valence-corrected chi connectivity index (χ3v) is 5.18. The lowest BCUT2D eigenvalue weighted by Crippen LogP contribution is -2.41. The largest absolute Gasteiger partial charge is 0.497 e. The molecule has 0 spiro atoms. The van der Waals surface area contributed by atoms with Gasteiger partial charge in [0.25, 0.3) is 0 Å². The summed E-state index contributed by atoms with van der Waals surface area (Å²) in [7, 11) is 5.82. The van der Waals surface area contributed by atoms with E-state index in [0.717, 1.165) is 29.5 Å². The fourth-order valence-electron chi connectivity index (χ4n) is 3.33. The van der Waals surface area contributed by atoms with Gasteiger partial charge in [-0.1, -0.05) is 29.8 Å². The first-order chi connectivity index (χ1) is 15.5. The number of nitrogens with one attached hydrogen (secondary N) is 2. The monoisotopic (exact) mass is 563 g/mol. The summed E-state index contributed by atoms with van der Waals surface area (Å²) in [5.41, 5.74) is 4.16. The minimum atomic E-state index is 0. The lowest BCUT2D eigenvalue weighted by molar-refractivity contribution is 0.298. The van der Waals surface area contributed by atoms with Crippen LogP contribution in [0, 0.1) is 6.92 Å². The molecule has 0 saturated heterocycles. The van der Waals surface area contributed by atoms with Crippen LogP contribution in [-0.4, -0.2) is 50.1 Å². The number of ether oxygens (including phenoxy) is 1. The highest BCUT2D eigenvalue weighted by atomic mass is 127. The summed E-state index contributed by atoms with van der Waals surface area (Å²) < 4.78 is 10.9. The van der Waals surface area contributed by atoms with Crippen molar-refractivity contribution in [3.8, 4) is 17.2 Å². The number of oxazole rings is 1. The zero-order valence-electron chi connectivity index (χ0n) is 20.0. The van der Waals surface area contributed by atoms with Crippen LogP contribution < -0.4 is 15.4 Å². The molecule has 0 fully saturated rings. The predicted octanol–water partition coefficient (Wildman–Crippen LogP) is 4.63. The zero-order valence-corrected chi connectivity index (χ0v) is 22.3. The van der Waals surface area contributed by atoms with Crippen molar-refractivity contribution in [3.05, 3.63) is 71.6 Å². The third kappa shape index (κ3) is 7.75. The fourth-order valence-corrected chi connectivity index (χ4v) is 3.33. The number of hydrogen-bond acceptors (Lipinski definition) is 5. The second-order valence-electron chi connectivity index (χ2n) is 7.84. The molecule has 2 aromatic carbocycles. The lowest BCUT2D eigenvalue weighted by Gasteiger charge is -2.26. The number of aliphatic imine (C=N–C) groups is 1. The molecule has 0 aliphatic carbocycles. The fraction of sp³-hybridized carbons (Fsp3) is 0.360. The number of rotatable bonds is 9. The second kappa shape index (κ2) is 13.2. The Labute approximate surface area is 213 Å². The molecule has 1 atom stereocenters. The van der Waals surface area contributed by atoms with E-state index in [-0.39, 0.29) is 30.0 Å². The van der Waals surface area contributed by atoms with E-state index in [1.54, 1.807) is 13.4 Å². The molecule has 1 aromatic heterocycles. The number of aromatic nitrogens is 1. The summed E-state index contributed by atoms with van der Waals surface area (Å²) in [6.07, 6.45) is 1.67. The zero-order chi connectivity index (χ0) is 22.9. The normalized spacial score (nSPS) is 12.2. The third-order valence-electron chi connectivity index (χ3n) is 5.18. The van der Waals surface area contributed by atoms with Crippen molar-refractivity contribution in [2.75, 3.05) is 34.3 Å². The van der Waals surface area contributed by atoms with E-state index >= 15 is 0 Å². The number of guanidine groups is 1. The second-order valence-corrected chi connectivity index (χ2v) is 7.84. The molecule has 1 unspecified atom stereocenters. The van der Waals surface area contributed by atoms with Crippen molar-refractivity contribution in [1.82, 2.24) is 20.5 Å². The number of aryl methyl sites for hydroxylation is 1. The van der Waals surface area contributed by atoms with Crippen LogP contribution in [0.15, 0.2) is 64.2 Å². The van der Waals surface area contributed by atoms with E-state index in [1.807, 2.05) is 24.3 Å². The highest BCUT2D eigenvalue weighted by molar-refractivity contribution is 14.0. The number of nitrogens with zero attached hydrogens (tertiary/aromatic N) is 3. The molecule has 3 aromatic rings. The van der Waals surface area contributed by atoms with Crippen LogP contribution in [0.3, 0.4) is 0 Å². The minimum absolute atomic E-state index is 0. The van der Waals surface area contributed by atoms with E-state index < -0.39 is 0 Å². The maximum atomic E-state index is 5.65. The molecular weight excluding hydrogens is 529 g/mol. The van der Waals surface area contributed by atoms with Crippen LogP contribution in [0.4, 0.5) is 0 Å². The van der Waals surface area contributed by atoms with Gasteiger partial charge in [0, 0.05) is 18.7 Å². The summed E-state index contributed by atoms with van der Waals surface area (Å²) >= 11 is 0. The molecule has 0 bridgehead atoms. The Bertz CT molecular complexity index is 1000. The average Bonchev–Trinajstić information content (AvgIpc) is 3.27. The van der Waals surface area contributed by atoms with Crippen LogP contribution >= 0.6 is 24.0 Å². The van der Waals surface area contributed by atoms with Crippen molar-refractivity contribution in [3.63, 3.8) is 0 Å². The predicted molar refractivity (Wildman–Crippen MR) is 144 cm³/mol. The summed E-state index contributed by atoms with van der Waals surface area (Å²) in [5.74, 6) is 2.21. The van der Waals surface area contributed by atoms with Gasteiger partial charge < -0.3 is 24.7 Å². The lowest BCUT2D eigenvalue weighted by atomic mass is 10.1. The first kappa shape index (κ1) is 26.7. The highest BCUT2D eigenvalue weighted by Gasteiger charge is 2.15. The van der Waals surface area contributed by atoms with E-state index in [0.29, 0.717) is 19.0 Å². The first-order valence-electron chi connectivity index (χ1n) is 10.8. The maximum absolute atomic E-state index is 5.65. The molecule has 0 aliphatic heterocycles. The summed E-state index contributed by atoms with van der Waals surface area (Å²) in [4.78, 5) is 11.5. The molecule has 7 nitrogen and oxygen atoms in total. The summed E-state index contributed by atoms with van der Waals surface area (Å²) in [5, 5.41) is 6.76. The Morgan fingerprint density at radius 3 is 2.39 bits per heavy atom. The molecule has 0 saturated carbocycles. The van der Waals surface area contributed by atoms with Gasteiger partial charge in [-0.15, -0.1) is 24.0 Å². The molecule has 0 amide bonds. The van der Waals surface area contributed by atoms with Gasteiger partial charge in [0.15, 0.2) is 5.96 Å². The van der Waals surface area contributed by atoms with Gasteiger partial charge >= 0.3 is 0 Å². The van der Waals surface area contributed by atoms with Crippen molar-refractivity contribution < 1.29 is 9.15 Å². The Kier molecular flexibility index (Phi) is 10.7. The van der Waals surface area contributed by atoms with Gasteiger partial charge in [-0.3, -0.25) is 0 Å². The quantitative estimate of drug-likeness (QED) is 0.225. The van der Waals surface area contributed by atoms with Crippen molar-refractivity contribution in [2.45, 2.75) is 26.4 Å². The molecule has 178 valence electrons. The van der Waals surface area contributed by atoms with Crippen molar-refractivity contribution in [1.29, 1.82) is 0 Å². The Morgan fingerprint density at radius 2 is 1.79 bits per heavy atom. The van der Waals surface area contributed by atoms with Crippen molar-refractivity contribution in [2.24, 2.45) is 4.99 Å². The van der Waals surface area contributed by atoms with E-state index in [2.05, 4.69) is 72.7 Å². The molecule has 8 heteroatoms. The van der Waals surface area contributed by atoms with Gasteiger partial charge in [-0.05, 0) is 57.8 Å². The molecule has 0 radical (unpaired) electrons. The summed E-state index contributed by atoms with van der Waals surface area (Å²) in [6, 6.07) is 16.5. The van der Waals surface area contributed by atoms with Crippen LogP contribution in [0.5, 0.6) is 5.75 Å². The first-order valence-corrected chi connectivity index (χ1v) is 10.8. The number of halogens is 1. The molecule has 3 rings (SSSR count). The highest BCUT2D eigenvalue weighted by Crippen LogP contribution is 2.21. The molecule has 1 heterocycles. The van der Waals surface area contributed by atoms with E-state index in [4.69, 9.17) is 14.1 Å². The van der Waals surface area contributed by atoms with Gasteiger partial charge in [0.1, 0.15) is 17.7 Å². The molecule has 2 N–H and O–H groups in total. The number of likely N-dealkylation sites (N-methyl/N-ethyl adjacent to an activating group) is 1. The molecule has 33 heavy (non-hydrogen) atoms. The standard InChI is InChI=1S/C25H33N5O2.HI/c1-6-26-25(28-16-23(30(3)4)19-11-13-22(31-5)14-12-19)27-15-21-17-32-24(29-21)20-9-7-18(2)8-10-20;/h7-14,17,23H,6,15-16H2,1-5H3,(H2,26,27,28);1H. The Hall–Kier alpha value is -2.59. The smallest absolute Gasteiger partial charge is 0.226 e. The van der Waals surface area contributed by atoms with Crippen LogP contribution in [-0.2, 0) is 6.54 Å². The molecule has 0 aliphatic rings. The van der Waals surface area contributed by atoms with Gasteiger partial charge in [-0.2, -0.15) is 0 Å². The van der Waals surface area contributed by atoms with Crippen LogP contribution in [0.2, 0.25) is 0 Å². The summed E-state index contributed by atoms with van der Waals surface area (Å²) in [6.45, 7) is 6.02. The number of benzene rings is 2. The number of hydrogen-bond donors (Lipinski definition) is 2. The SMILES string of the molecule is CCNC(=NCc1coc(-c2ccc(C)cc2)n1)NCC(c1ccc(OC)cc1)N(C)C.I. The number of methoxy groups -OCH3 is 1. The van der Waals surface area contributed by atoms with Gasteiger partial charge in [0.05, 0.1) is 19.7 Å². The van der Waals surface area contributed by atoms with Crippen molar-refractivity contribution >= 4 is 29.9 Å². The minimum Gasteiger partial charge on any atom is -0.497 e. The van der Waals surface area contributed by atoms with Gasteiger partial charge in [-0.25, -0.2) is 9.98 Å². The maximum Gasteiger partial charge on any atom is 0.226 e. The van der Waals surface area contributed by atoms with Gasteiger partial charge in [0.2, 0.25) is 5.89 Å². The van der Waals surface area contributed by atoms with Crippen LogP contribution in [0.25, 0.3) is 11.5 Å². The van der Waals surface area contributed by atoms with E-state index in [9.17, 15) is 0 Å². The average molecular weight is 563 g/mol. The van der Waals surface area contributed by atoms with Crippen LogP contribution in [0.1, 0.15) is 29.8 Å².